The molecule has 1 amide bonds. The second kappa shape index (κ2) is 6.85. The maximum atomic E-state index is 11.7. The molecule has 6 nitrogen and oxygen atoms in total. The van der Waals surface area contributed by atoms with Crippen LogP contribution >= 0.6 is 0 Å². The van der Waals surface area contributed by atoms with Gasteiger partial charge in [-0.15, -0.1) is 0 Å². The molecule has 0 saturated heterocycles. The van der Waals surface area contributed by atoms with E-state index in [1.807, 2.05) is 0 Å². The lowest BCUT2D eigenvalue weighted by Crippen LogP contribution is -2.40. The van der Waals surface area contributed by atoms with Crippen LogP contribution in [-0.2, 0) is 14.3 Å². The van der Waals surface area contributed by atoms with Gasteiger partial charge in [0.15, 0.2) is 0 Å². The predicted molar refractivity (Wildman–Crippen MR) is 72.1 cm³/mol. The minimum atomic E-state index is -0.737. The van der Waals surface area contributed by atoms with Crippen LogP contribution in [-0.4, -0.2) is 61.8 Å². The fourth-order valence-corrected chi connectivity index (χ4v) is 2.75. The Kier molecular flexibility index (Phi) is 5.37. The average Bonchev–Trinajstić information content (AvgIpc) is 3.21. The molecule has 2 rings (SSSR count). The van der Waals surface area contributed by atoms with Crippen molar-refractivity contribution in [1.29, 1.82) is 0 Å². The van der Waals surface area contributed by atoms with Gasteiger partial charge in [-0.25, -0.2) is 0 Å². The van der Waals surface area contributed by atoms with E-state index in [4.69, 9.17) is 9.47 Å². The smallest absolute Gasteiger partial charge is 0.223 e. The van der Waals surface area contributed by atoms with Crippen LogP contribution in [0.25, 0.3) is 0 Å². The minimum Gasteiger partial charge on any atom is -0.390 e. The van der Waals surface area contributed by atoms with E-state index in [2.05, 4.69) is 5.32 Å². The third-order valence-corrected chi connectivity index (χ3v) is 4.15. The Morgan fingerprint density at radius 2 is 1.90 bits per heavy atom. The van der Waals surface area contributed by atoms with Crippen molar-refractivity contribution in [3.63, 3.8) is 0 Å². The summed E-state index contributed by atoms with van der Waals surface area (Å²) < 4.78 is 10.5. The first kappa shape index (κ1) is 15.7. The summed E-state index contributed by atoms with van der Waals surface area (Å²) in [6.07, 6.45) is 1.36. The highest BCUT2D eigenvalue weighted by Crippen LogP contribution is 2.39. The van der Waals surface area contributed by atoms with Crippen molar-refractivity contribution in [2.45, 2.75) is 37.9 Å². The quantitative estimate of drug-likeness (QED) is 0.532. The van der Waals surface area contributed by atoms with Gasteiger partial charge in [0.1, 0.15) is 0 Å². The molecule has 0 aromatic heterocycles. The molecule has 2 aliphatic carbocycles. The minimum absolute atomic E-state index is 0.0807. The first-order valence-corrected chi connectivity index (χ1v) is 7.27. The van der Waals surface area contributed by atoms with Crippen LogP contribution in [0.3, 0.4) is 0 Å². The summed E-state index contributed by atoms with van der Waals surface area (Å²) in [5.74, 6) is 0.245. The van der Waals surface area contributed by atoms with Crippen molar-refractivity contribution in [2.75, 3.05) is 33.5 Å². The molecular formula is C14H25NO5. The molecule has 2 atom stereocenters. The number of carbonyl (C=O) groups is 1. The van der Waals surface area contributed by atoms with E-state index in [0.717, 1.165) is 12.8 Å². The molecule has 0 aromatic rings. The van der Waals surface area contributed by atoms with Gasteiger partial charge in [-0.05, 0) is 25.7 Å². The molecule has 0 heterocycles. The Hall–Kier alpha value is -0.690. The number of carbonyl (C=O) groups excluding carboxylic acids is 1. The summed E-state index contributed by atoms with van der Waals surface area (Å²) in [7, 11) is 1.61. The van der Waals surface area contributed by atoms with Gasteiger partial charge in [0, 0.05) is 25.0 Å². The van der Waals surface area contributed by atoms with Gasteiger partial charge < -0.3 is 25.0 Å². The lowest BCUT2D eigenvalue weighted by Gasteiger charge is -2.29. The number of hydrogen-bond acceptors (Lipinski definition) is 5. The second-order valence-corrected chi connectivity index (χ2v) is 6.08. The first-order chi connectivity index (χ1) is 9.56. The Bertz CT molecular complexity index is 322. The molecular weight excluding hydrogens is 262 g/mol. The highest BCUT2D eigenvalue weighted by Gasteiger charge is 2.45. The molecule has 2 fully saturated rings. The summed E-state index contributed by atoms with van der Waals surface area (Å²) in [5, 5.41) is 22.5. The molecule has 0 radical (unpaired) electrons. The summed E-state index contributed by atoms with van der Waals surface area (Å²) in [6.45, 7) is 1.84. The molecule has 2 aliphatic rings. The average molecular weight is 287 g/mol. The van der Waals surface area contributed by atoms with Crippen molar-refractivity contribution in [3.05, 3.63) is 0 Å². The fraction of sp³-hybridized carbons (Fsp3) is 0.929. The maximum absolute atomic E-state index is 11.7. The van der Waals surface area contributed by atoms with Crippen LogP contribution in [0.4, 0.5) is 0 Å². The highest BCUT2D eigenvalue weighted by atomic mass is 16.5. The van der Waals surface area contributed by atoms with E-state index >= 15 is 0 Å². The molecule has 3 N–H and O–H groups in total. The summed E-state index contributed by atoms with van der Waals surface area (Å²) in [6, 6.07) is 0. The lowest BCUT2D eigenvalue weighted by atomic mass is 9.86. The number of ether oxygens (including phenoxy) is 2. The van der Waals surface area contributed by atoms with Crippen LogP contribution < -0.4 is 5.32 Å². The molecule has 2 unspecified atom stereocenters. The molecule has 0 spiro atoms. The van der Waals surface area contributed by atoms with E-state index in [1.165, 1.54) is 0 Å². The van der Waals surface area contributed by atoms with Crippen LogP contribution in [0.5, 0.6) is 0 Å². The van der Waals surface area contributed by atoms with Gasteiger partial charge in [-0.3, -0.25) is 4.79 Å². The molecule has 6 heteroatoms. The van der Waals surface area contributed by atoms with Gasteiger partial charge in [-0.1, -0.05) is 0 Å². The first-order valence-electron chi connectivity index (χ1n) is 7.27. The van der Waals surface area contributed by atoms with Crippen LogP contribution in [0.2, 0.25) is 0 Å². The summed E-state index contributed by atoms with van der Waals surface area (Å²) in [4.78, 5) is 11.7. The van der Waals surface area contributed by atoms with E-state index in [0.29, 0.717) is 39.2 Å². The molecule has 0 bridgehead atoms. The number of aliphatic hydroxyl groups is 2. The Labute approximate surface area is 119 Å². The molecule has 20 heavy (non-hydrogen) atoms. The van der Waals surface area contributed by atoms with Crippen molar-refractivity contribution in [2.24, 2.45) is 11.3 Å². The molecule has 116 valence electrons. The molecule has 2 saturated carbocycles. The van der Waals surface area contributed by atoms with Crippen molar-refractivity contribution >= 4 is 5.91 Å². The van der Waals surface area contributed by atoms with Crippen LogP contribution in [0, 0.1) is 11.3 Å². The fourth-order valence-electron chi connectivity index (χ4n) is 2.75. The number of amides is 1. The number of methoxy groups -OCH3 is 1. The van der Waals surface area contributed by atoms with E-state index < -0.39 is 12.2 Å². The Morgan fingerprint density at radius 3 is 2.45 bits per heavy atom. The summed E-state index contributed by atoms with van der Waals surface area (Å²) >= 11 is 0. The van der Waals surface area contributed by atoms with Gasteiger partial charge in [0.05, 0.1) is 32.0 Å². The predicted octanol–water partition coefficient (Wildman–Crippen LogP) is -0.322. The van der Waals surface area contributed by atoms with Crippen LogP contribution in [0.15, 0.2) is 0 Å². The molecule has 0 aliphatic heterocycles. The number of hydrogen-bond donors (Lipinski definition) is 3. The molecule has 0 aromatic carbocycles. The number of nitrogens with one attached hydrogen (secondary N) is 1. The zero-order chi connectivity index (χ0) is 14.6. The highest BCUT2D eigenvalue weighted by molar-refractivity contribution is 5.80. The normalized spacial score (nSPS) is 33.4. The van der Waals surface area contributed by atoms with Crippen molar-refractivity contribution < 1.29 is 24.5 Å². The Morgan fingerprint density at radius 1 is 1.25 bits per heavy atom. The monoisotopic (exact) mass is 287 g/mol. The number of rotatable bonds is 8. The van der Waals surface area contributed by atoms with Crippen molar-refractivity contribution in [1.82, 2.24) is 5.32 Å². The van der Waals surface area contributed by atoms with E-state index in [1.54, 1.807) is 7.11 Å². The standard InChI is InChI=1S/C14H25NO5/c1-19-4-5-20-9-14(6-11(16)12(17)7-14)8-15-13(18)10-2-3-10/h10-12,16-17H,2-9H2,1H3,(H,15,18). The SMILES string of the molecule is COCCOCC1(CNC(=O)C2CC2)CC(O)C(O)C1. The van der Waals surface area contributed by atoms with Gasteiger partial charge >= 0.3 is 0 Å². The Balaban J connectivity index is 1.84. The van der Waals surface area contributed by atoms with E-state index in [9.17, 15) is 15.0 Å². The largest absolute Gasteiger partial charge is 0.390 e. The zero-order valence-electron chi connectivity index (χ0n) is 12.0. The summed E-state index contributed by atoms with van der Waals surface area (Å²) in [5.41, 5.74) is -0.378. The second-order valence-electron chi connectivity index (χ2n) is 6.08. The third-order valence-electron chi connectivity index (χ3n) is 4.15. The van der Waals surface area contributed by atoms with Gasteiger partial charge in [-0.2, -0.15) is 0 Å². The maximum Gasteiger partial charge on any atom is 0.223 e. The number of aliphatic hydroxyl groups excluding tert-OH is 2. The lowest BCUT2D eigenvalue weighted by molar-refractivity contribution is -0.123. The van der Waals surface area contributed by atoms with Gasteiger partial charge in [0.2, 0.25) is 5.91 Å². The zero-order valence-corrected chi connectivity index (χ0v) is 12.0. The van der Waals surface area contributed by atoms with E-state index in [-0.39, 0.29) is 17.2 Å². The topological polar surface area (TPSA) is 88.0 Å². The van der Waals surface area contributed by atoms with Crippen LogP contribution in [0.1, 0.15) is 25.7 Å². The van der Waals surface area contributed by atoms with Crippen molar-refractivity contribution in [3.8, 4) is 0 Å². The third kappa shape index (κ3) is 4.15. The van der Waals surface area contributed by atoms with Gasteiger partial charge in [0.25, 0.3) is 0 Å².